The fraction of sp³-hybridized carbons (Fsp3) is 1.00. The molecule has 0 aliphatic rings. The van der Waals surface area contributed by atoms with Crippen LogP contribution in [0.2, 0.25) is 0 Å². The van der Waals surface area contributed by atoms with Crippen molar-refractivity contribution < 1.29 is 13.7 Å². The van der Waals surface area contributed by atoms with E-state index in [1.807, 2.05) is 0 Å². The molecule has 0 spiro atoms. The minimum absolute atomic E-state index is 0.0559. The summed E-state index contributed by atoms with van der Waals surface area (Å²) in [5, 5.41) is 8.31. The van der Waals surface area contributed by atoms with Gasteiger partial charge in [0.2, 0.25) is 0 Å². The number of thiol groups is 1. The molecule has 7 heavy (non-hydrogen) atoms. The molecule has 0 amide bonds. The van der Waals surface area contributed by atoms with E-state index in [-0.39, 0.29) is 6.61 Å². The Morgan fingerprint density at radius 1 is 1.86 bits per heavy atom. The van der Waals surface area contributed by atoms with Crippen LogP contribution < -0.4 is 0 Å². The first-order valence-corrected chi connectivity index (χ1v) is 2.18. The highest BCUT2D eigenvalue weighted by Gasteiger charge is 1.99. The van der Waals surface area contributed by atoms with E-state index in [1.165, 1.54) is 0 Å². The van der Waals surface area contributed by atoms with Crippen LogP contribution in [0.5, 0.6) is 0 Å². The summed E-state index contributed by atoms with van der Waals surface area (Å²) >= 11 is 3.29. The normalized spacial score (nSPS) is 14.1. The third-order valence-corrected chi connectivity index (χ3v) is 0.594. The molecule has 1 atom stereocenters. The summed E-state index contributed by atoms with van der Waals surface area (Å²) < 4.78 is 15.3. The third kappa shape index (κ3) is 4.04. The minimum atomic E-state index is -1.02. The lowest BCUT2D eigenvalue weighted by atomic mass is 10.4. The molecule has 0 aliphatic carbocycles. The van der Waals surface area contributed by atoms with Gasteiger partial charge in [0.1, 0.15) is 12.8 Å². The third-order valence-electron chi connectivity index (χ3n) is 0.445. The molecule has 0 saturated carbocycles. The Balaban J connectivity index is 2.83. The first kappa shape index (κ1) is 7.20. The van der Waals surface area contributed by atoms with Crippen LogP contribution in [0.3, 0.4) is 0 Å². The molecule has 0 radical (unpaired) electrons. The Labute approximate surface area is 46.9 Å². The quantitative estimate of drug-likeness (QED) is 0.417. The van der Waals surface area contributed by atoms with Crippen LogP contribution in [0.4, 0.5) is 4.39 Å². The highest BCUT2D eigenvalue weighted by molar-refractivity contribution is 7.75. The molecule has 2 nitrogen and oxygen atoms in total. The lowest BCUT2D eigenvalue weighted by molar-refractivity contribution is 0.0944. The number of rotatable bonds is 3. The standard InChI is InChI=1S/C3H7FO2S/c4-1-3(5)2-6-7/h3,5,7H,1-2H2/t3-/m0/s1. The van der Waals surface area contributed by atoms with E-state index in [4.69, 9.17) is 5.11 Å². The lowest BCUT2D eigenvalue weighted by Gasteiger charge is -1.99. The number of hydrogen-bond donors (Lipinski definition) is 2. The fourth-order valence-corrected chi connectivity index (χ4v) is 0.303. The lowest BCUT2D eigenvalue weighted by Crippen LogP contribution is -2.14. The van der Waals surface area contributed by atoms with Gasteiger partial charge < -0.3 is 9.29 Å². The van der Waals surface area contributed by atoms with Crippen molar-refractivity contribution in [3.8, 4) is 0 Å². The van der Waals surface area contributed by atoms with Gasteiger partial charge in [0.25, 0.3) is 0 Å². The summed E-state index contributed by atoms with van der Waals surface area (Å²) in [5.74, 6) is 0. The highest BCUT2D eigenvalue weighted by atomic mass is 32.1. The van der Waals surface area contributed by atoms with Crippen LogP contribution in [0, 0.1) is 0 Å². The van der Waals surface area contributed by atoms with Crippen LogP contribution in [-0.4, -0.2) is 24.5 Å². The van der Waals surface area contributed by atoms with Crippen molar-refractivity contribution in [2.75, 3.05) is 13.3 Å². The van der Waals surface area contributed by atoms with Crippen molar-refractivity contribution in [3.05, 3.63) is 0 Å². The van der Waals surface area contributed by atoms with Crippen molar-refractivity contribution in [2.24, 2.45) is 0 Å². The average molecular weight is 126 g/mol. The summed E-state index contributed by atoms with van der Waals surface area (Å²) in [5.41, 5.74) is 0. The average Bonchev–Trinajstić information content (AvgIpc) is 1.68. The Morgan fingerprint density at radius 2 is 2.43 bits per heavy atom. The molecule has 1 N–H and O–H groups in total. The molecular formula is C3H7FO2S. The van der Waals surface area contributed by atoms with Gasteiger partial charge in [0.05, 0.1) is 6.61 Å². The van der Waals surface area contributed by atoms with Gasteiger partial charge >= 0.3 is 0 Å². The van der Waals surface area contributed by atoms with Crippen molar-refractivity contribution in [3.63, 3.8) is 0 Å². The Hall–Kier alpha value is 0.200. The number of aliphatic hydroxyl groups is 1. The zero-order valence-electron chi connectivity index (χ0n) is 3.67. The zero-order valence-corrected chi connectivity index (χ0v) is 4.57. The number of alkyl halides is 1. The number of hydrogen-bond acceptors (Lipinski definition) is 3. The topological polar surface area (TPSA) is 29.5 Å². The Bertz CT molecular complexity index is 43.9. The van der Waals surface area contributed by atoms with E-state index >= 15 is 0 Å². The molecule has 0 rings (SSSR count). The molecule has 0 saturated heterocycles. The smallest absolute Gasteiger partial charge is 0.118 e. The maximum Gasteiger partial charge on any atom is 0.118 e. The second-order valence-electron chi connectivity index (χ2n) is 1.10. The molecule has 0 aromatic heterocycles. The summed E-state index contributed by atoms with van der Waals surface area (Å²) in [6.07, 6.45) is -1.02. The van der Waals surface area contributed by atoms with Crippen LogP contribution in [0.15, 0.2) is 0 Å². The van der Waals surface area contributed by atoms with Gasteiger partial charge in [0, 0.05) is 0 Å². The molecule has 0 heterocycles. The first-order chi connectivity index (χ1) is 3.31. The van der Waals surface area contributed by atoms with E-state index in [0.717, 1.165) is 0 Å². The van der Waals surface area contributed by atoms with Gasteiger partial charge in [-0.15, -0.1) is 0 Å². The van der Waals surface area contributed by atoms with Gasteiger partial charge in [0.15, 0.2) is 0 Å². The SMILES string of the molecule is O[C@@H](CF)COS. The van der Waals surface area contributed by atoms with Gasteiger partial charge in [-0.1, -0.05) is 0 Å². The molecule has 0 fully saturated rings. The molecule has 4 heteroatoms. The van der Waals surface area contributed by atoms with Crippen LogP contribution in [-0.2, 0) is 4.18 Å². The van der Waals surface area contributed by atoms with Crippen molar-refractivity contribution in [1.29, 1.82) is 0 Å². The van der Waals surface area contributed by atoms with E-state index < -0.39 is 12.8 Å². The first-order valence-electron chi connectivity index (χ1n) is 1.81. The van der Waals surface area contributed by atoms with Crippen molar-refractivity contribution in [2.45, 2.75) is 6.10 Å². The fourth-order valence-electron chi connectivity index (χ4n) is 0.131. The van der Waals surface area contributed by atoms with E-state index in [9.17, 15) is 4.39 Å². The van der Waals surface area contributed by atoms with Crippen LogP contribution in [0.25, 0.3) is 0 Å². The van der Waals surface area contributed by atoms with E-state index in [0.29, 0.717) is 0 Å². The molecule has 0 aromatic rings. The summed E-state index contributed by atoms with van der Waals surface area (Å²) in [6, 6.07) is 0. The monoisotopic (exact) mass is 126 g/mol. The second-order valence-corrected chi connectivity index (χ2v) is 1.36. The summed E-state index contributed by atoms with van der Waals surface area (Å²) in [4.78, 5) is 0. The summed E-state index contributed by atoms with van der Waals surface area (Å²) in [7, 11) is 0. The second kappa shape index (κ2) is 4.36. The number of halogens is 1. The molecule has 44 valence electrons. The number of aliphatic hydroxyl groups excluding tert-OH is 1. The van der Waals surface area contributed by atoms with Crippen molar-refractivity contribution >= 4 is 12.9 Å². The highest BCUT2D eigenvalue weighted by Crippen LogP contribution is 1.86. The van der Waals surface area contributed by atoms with Crippen molar-refractivity contribution in [1.82, 2.24) is 0 Å². The van der Waals surface area contributed by atoms with Gasteiger partial charge in [-0.05, 0) is 12.9 Å². The largest absolute Gasteiger partial charge is 0.388 e. The molecule has 0 aromatic carbocycles. The predicted molar refractivity (Wildman–Crippen MR) is 26.9 cm³/mol. The molecular weight excluding hydrogens is 119 g/mol. The van der Waals surface area contributed by atoms with Gasteiger partial charge in [-0.25, -0.2) is 4.39 Å². The Morgan fingerprint density at radius 3 is 2.57 bits per heavy atom. The maximum absolute atomic E-state index is 11.2. The molecule has 0 aliphatic heterocycles. The Kier molecular flexibility index (Phi) is 4.49. The predicted octanol–water partition coefficient (Wildman–Crippen LogP) is 0.178. The van der Waals surface area contributed by atoms with Gasteiger partial charge in [-0.3, -0.25) is 0 Å². The minimum Gasteiger partial charge on any atom is -0.388 e. The molecule has 0 bridgehead atoms. The van der Waals surface area contributed by atoms with E-state index in [1.54, 1.807) is 0 Å². The molecule has 0 unspecified atom stereocenters. The summed E-state index contributed by atoms with van der Waals surface area (Å²) in [6.45, 7) is -0.833. The zero-order chi connectivity index (χ0) is 5.70. The van der Waals surface area contributed by atoms with Crippen LogP contribution in [0.1, 0.15) is 0 Å². The maximum atomic E-state index is 11.2. The van der Waals surface area contributed by atoms with E-state index in [2.05, 4.69) is 17.1 Å². The van der Waals surface area contributed by atoms with Crippen LogP contribution >= 0.6 is 12.9 Å². The van der Waals surface area contributed by atoms with Gasteiger partial charge in [-0.2, -0.15) is 0 Å².